The van der Waals surface area contributed by atoms with Gasteiger partial charge in [-0.3, -0.25) is 13.8 Å². The Morgan fingerprint density at radius 2 is 1.04 bits per heavy atom. The van der Waals surface area contributed by atoms with E-state index in [2.05, 4.69) is 62.5 Å². The molecule has 2 atom stereocenters. The third-order valence-corrected chi connectivity index (χ3v) is 9.92. The molecule has 0 rings (SSSR count). The smallest absolute Gasteiger partial charge is 0.463 e. The summed E-state index contributed by atoms with van der Waals surface area (Å²) in [6.45, 7) is 5.37. The van der Waals surface area contributed by atoms with Crippen molar-refractivity contribution >= 4 is 13.8 Å². The van der Waals surface area contributed by atoms with Crippen LogP contribution >= 0.6 is 7.82 Å². The predicted molar refractivity (Wildman–Crippen MR) is 224 cm³/mol. The number of unbranched alkanes of at least 4 members (excludes halogenated alkanes) is 17. The molecule has 0 saturated heterocycles. The van der Waals surface area contributed by atoms with E-state index >= 15 is 0 Å². The highest BCUT2D eigenvalue weighted by Gasteiger charge is 2.25. The predicted octanol–water partition coefficient (Wildman–Crippen LogP) is 12.4. The van der Waals surface area contributed by atoms with Gasteiger partial charge in [-0.05, 0) is 57.8 Å². The van der Waals surface area contributed by atoms with Crippen molar-refractivity contribution < 1.29 is 37.3 Å². The van der Waals surface area contributed by atoms with Gasteiger partial charge in [-0.25, -0.2) is 4.57 Å². The molecule has 0 radical (unpaired) electrons. The molecule has 0 aliphatic carbocycles. The SMILES string of the molecule is CCCCCC=CCC=CCC=CCC=CCCCCO[C@H](COC(=O)CCCCCCCCCCCCCCC)COP(=O)(O)OCC[N+](C)(C)C. The van der Waals surface area contributed by atoms with Crippen molar-refractivity contribution in [1.29, 1.82) is 0 Å². The van der Waals surface area contributed by atoms with Gasteiger partial charge in [0.1, 0.15) is 25.9 Å². The van der Waals surface area contributed by atoms with Crippen LogP contribution in [0.1, 0.15) is 168 Å². The normalized spacial score (nSPS) is 14.3. The molecule has 0 bridgehead atoms. The Kier molecular flexibility index (Phi) is 36.3. The first-order valence-corrected chi connectivity index (χ1v) is 22.9. The van der Waals surface area contributed by atoms with E-state index < -0.39 is 13.9 Å². The molecular formula is C44H83NO7P+. The summed E-state index contributed by atoms with van der Waals surface area (Å²) in [5.41, 5.74) is 0. The van der Waals surface area contributed by atoms with Crippen molar-refractivity contribution in [3.8, 4) is 0 Å². The molecule has 310 valence electrons. The van der Waals surface area contributed by atoms with Crippen LogP contribution in [0.15, 0.2) is 48.6 Å². The van der Waals surface area contributed by atoms with Crippen LogP contribution in [0.3, 0.4) is 0 Å². The van der Waals surface area contributed by atoms with E-state index in [4.69, 9.17) is 18.5 Å². The Morgan fingerprint density at radius 1 is 0.585 bits per heavy atom. The fraction of sp³-hybridized carbons (Fsp3) is 0.795. The Hall–Kier alpha value is -1.54. The molecule has 0 saturated carbocycles. The highest BCUT2D eigenvalue weighted by Crippen LogP contribution is 2.43. The third kappa shape index (κ3) is 41.5. The first kappa shape index (κ1) is 51.5. The Labute approximate surface area is 327 Å². The minimum absolute atomic E-state index is 0.0205. The Morgan fingerprint density at radius 3 is 1.55 bits per heavy atom. The first-order valence-electron chi connectivity index (χ1n) is 21.4. The average Bonchev–Trinajstić information content (AvgIpc) is 3.11. The molecular weight excluding hydrogens is 685 g/mol. The van der Waals surface area contributed by atoms with Gasteiger partial charge >= 0.3 is 13.8 Å². The minimum atomic E-state index is -4.25. The summed E-state index contributed by atoms with van der Waals surface area (Å²) < 4.78 is 34.9. The standard InChI is InChI=1S/C44H82NO7P/c1-6-8-10-12-14-16-18-20-21-22-23-24-26-28-30-32-34-36-39-49-43(42-52-53(47,48)51-40-38-45(3,4)5)41-50-44(46)37-35-33-31-29-27-25-19-17-15-13-11-9-7-2/h14,16,20-21,23-24,28,30,43H,6-13,15,17-19,22,25-27,29,31-42H2,1-5H3/p+1/t43-/m1/s1. The molecule has 1 unspecified atom stereocenters. The van der Waals surface area contributed by atoms with E-state index in [1.807, 2.05) is 21.1 Å². The number of likely N-dealkylation sites (N-methyl/N-ethyl adjacent to an activating group) is 1. The van der Waals surface area contributed by atoms with Crippen molar-refractivity contribution in [1.82, 2.24) is 0 Å². The highest BCUT2D eigenvalue weighted by atomic mass is 31.2. The van der Waals surface area contributed by atoms with E-state index in [-0.39, 0.29) is 25.8 Å². The molecule has 0 heterocycles. The van der Waals surface area contributed by atoms with Crippen LogP contribution in [-0.4, -0.2) is 75.6 Å². The number of phosphoric acid groups is 1. The van der Waals surface area contributed by atoms with Gasteiger partial charge in [0, 0.05) is 13.0 Å². The molecule has 1 N–H and O–H groups in total. The molecule has 0 aliphatic heterocycles. The Bertz CT molecular complexity index is 989. The fourth-order valence-electron chi connectivity index (χ4n) is 5.51. The molecule has 0 aliphatic rings. The van der Waals surface area contributed by atoms with E-state index in [9.17, 15) is 14.3 Å². The lowest BCUT2D eigenvalue weighted by Crippen LogP contribution is -2.37. The van der Waals surface area contributed by atoms with Gasteiger partial charge in [0.15, 0.2) is 0 Å². The van der Waals surface area contributed by atoms with Crippen LogP contribution < -0.4 is 0 Å². The van der Waals surface area contributed by atoms with E-state index in [0.717, 1.165) is 57.8 Å². The van der Waals surface area contributed by atoms with Gasteiger partial charge < -0.3 is 18.9 Å². The highest BCUT2D eigenvalue weighted by molar-refractivity contribution is 7.47. The van der Waals surface area contributed by atoms with E-state index in [0.29, 0.717) is 24.1 Å². The lowest BCUT2D eigenvalue weighted by molar-refractivity contribution is -0.870. The van der Waals surface area contributed by atoms with Crippen LogP contribution in [0.25, 0.3) is 0 Å². The second-order valence-electron chi connectivity index (χ2n) is 15.4. The Balaban J connectivity index is 4.34. The number of carbonyl (C=O) groups is 1. The quantitative estimate of drug-likeness (QED) is 0.0219. The van der Waals surface area contributed by atoms with E-state index in [1.54, 1.807) is 0 Å². The molecule has 0 spiro atoms. The molecule has 0 aromatic carbocycles. The summed E-state index contributed by atoms with van der Waals surface area (Å²) in [7, 11) is 1.68. The minimum Gasteiger partial charge on any atom is -0.463 e. The van der Waals surface area contributed by atoms with Gasteiger partial charge in [-0.1, -0.05) is 152 Å². The zero-order chi connectivity index (χ0) is 39.1. The van der Waals surface area contributed by atoms with Crippen LogP contribution in [0.5, 0.6) is 0 Å². The summed E-state index contributed by atoms with van der Waals surface area (Å²) in [5.74, 6) is -0.270. The lowest BCUT2D eigenvalue weighted by Gasteiger charge is -2.24. The first-order chi connectivity index (χ1) is 25.6. The van der Waals surface area contributed by atoms with Crippen LogP contribution in [0, 0.1) is 0 Å². The number of phosphoric ester groups is 1. The second kappa shape index (κ2) is 37.4. The van der Waals surface area contributed by atoms with Gasteiger partial charge in [-0.15, -0.1) is 0 Å². The maximum absolute atomic E-state index is 12.5. The number of nitrogens with zero attached hydrogens (tertiary/aromatic N) is 1. The lowest BCUT2D eigenvalue weighted by atomic mass is 10.0. The fourth-order valence-corrected chi connectivity index (χ4v) is 6.25. The molecule has 0 aromatic rings. The molecule has 0 amide bonds. The van der Waals surface area contributed by atoms with Gasteiger partial charge in [0.05, 0.1) is 27.7 Å². The number of hydrogen-bond donors (Lipinski definition) is 1. The number of esters is 1. The largest absolute Gasteiger partial charge is 0.472 e. The number of rotatable bonds is 39. The van der Waals surface area contributed by atoms with Gasteiger partial charge in [0.25, 0.3) is 0 Å². The zero-order valence-electron chi connectivity index (χ0n) is 35.0. The number of carbonyl (C=O) groups excluding carboxylic acids is 1. The van der Waals surface area contributed by atoms with Crippen LogP contribution in [0.4, 0.5) is 0 Å². The summed E-state index contributed by atoms with van der Waals surface area (Å²) in [5, 5.41) is 0. The molecule has 9 heteroatoms. The van der Waals surface area contributed by atoms with Gasteiger partial charge in [-0.2, -0.15) is 0 Å². The number of hydrogen-bond acceptors (Lipinski definition) is 6. The zero-order valence-corrected chi connectivity index (χ0v) is 35.9. The third-order valence-electron chi connectivity index (χ3n) is 8.93. The summed E-state index contributed by atoms with van der Waals surface area (Å²) in [6.07, 6.45) is 44.4. The monoisotopic (exact) mass is 769 g/mol. The topological polar surface area (TPSA) is 91.3 Å². The van der Waals surface area contributed by atoms with Gasteiger partial charge in [0.2, 0.25) is 0 Å². The van der Waals surface area contributed by atoms with Crippen LogP contribution in [0.2, 0.25) is 0 Å². The number of quaternary nitrogens is 1. The van der Waals surface area contributed by atoms with Crippen molar-refractivity contribution in [3.63, 3.8) is 0 Å². The molecule has 0 fully saturated rings. The molecule has 0 aromatic heterocycles. The van der Waals surface area contributed by atoms with Crippen molar-refractivity contribution in [3.05, 3.63) is 48.6 Å². The second-order valence-corrected chi connectivity index (χ2v) is 16.8. The maximum atomic E-state index is 12.5. The van der Waals surface area contributed by atoms with Crippen molar-refractivity contribution in [2.24, 2.45) is 0 Å². The molecule has 53 heavy (non-hydrogen) atoms. The molecule has 8 nitrogen and oxygen atoms in total. The van der Waals surface area contributed by atoms with E-state index in [1.165, 1.54) is 89.9 Å². The summed E-state index contributed by atoms with van der Waals surface area (Å²) >= 11 is 0. The summed E-state index contributed by atoms with van der Waals surface area (Å²) in [4.78, 5) is 22.6. The van der Waals surface area contributed by atoms with Crippen LogP contribution in [-0.2, 0) is 27.9 Å². The number of allylic oxidation sites excluding steroid dienone is 8. The maximum Gasteiger partial charge on any atom is 0.472 e. The summed E-state index contributed by atoms with van der Waals surface area (Å²) in [6, 6.07) is 0. The van der Waals surface area contributed by atoms with Crippen molar-refractivity contribution in [2.75, 3.05) is 54.1 Å². The average molecular weight is 769 g/mol. The number of ether oxygens (including phenoxy) is 2. The van der Waals surface area contributed by atoms with Crippen molar-refractivity contribution in [2.45, 2.75) is 174 Å².